The van der Waals surface area contributed by atoms with Gasteiger partial charge in [-0.25, -0.2) is 0 Å². The highest BCUT2D eigenvalue weighted by molar-refractivity contribution is 7.07. The molecule has 1 amide bonds. The number of nitrogens with one attached hydrogen (secondary N) is 1. The molecule has 140 valence electrons. The Kier molecular flexibility index (Phi) is 6.06. The Morgan fingerprint density at radius 2 is 2.08 bits per heavy atom. The van der Waals surface area contributed by atoms with E-state index in [1.807, 2.05) is 6.07 Å². The Morgan fingerprint density at radius 1 is 1.27 bits per heavy atom. The molecular weight excluding hydrogens is 364 g/mol. The molecule has 1 unspecified atom stereocenters. The third-order valence-corrected chi connectivity index (χ3v) is 6.55. The monoisotopic (exact) mass is 390 g/mol. The fourth-order valence-corrected chi connectivity index (χ4v) is 4.94. The fraction of sp³-hybridized carbons (Fsp3) is 0.476. The molecule has 1 spiro atoms. The molecule has 1 atom stereocenters. The maximum Gasteiger partial charge on any atom is 0.227 e. The summed E-state index contributed by atoms with van der Waals surface area (Å²) in [6.45, 7) is 5.03. The number of nitrogens with zero attached hydrogens (tertiary/aromatic N) is 1. The number of amides is 1. The van der Waals surface area contributed by atoms with Crippen LogP contribution >= 0.6 is 23.7 Å². The van der Waals surface area contributed by atoms with Gasteiger partial charge in [-0.15, -0.1) is 12.4 Å². The summed E-state index contributed by atoms with van der Waals surface area (Å²) >= 11 is 1.71. The lowest BCUT2D eigenvalue weighted by Crippen LogP contribution is -2.39. The van der Waals surface area contributed by atoms with E-state index >= 15 is 0 Å². The normalized spacial score (nSPS) is 20.4. The maximum atomic E-state index is 13.2. The Hall–Kier alpha value is -1.36. The summed E-state index contributed by atoms with van der Waals surface area (Å²) < 4.78 is 0. The highest BCUT2D eigenvalue weighted by Gasteiger charge is 2.57. The number of rotatable bonds is 5. The minimum atomic E-state index is 0. The molecule has 2 heterocycles. The molecule has 2 fully saturated rings. The molecule has 1 N–H and O–H groups in total. The van der Waals surface area contributed by atoms with Gasteiger partial charge in [0.15, 0.2) is 0 Å². The smallest absolute Gasteiger partial charge is 0.227 e. The summed E-state index contributed by atoms with van der Waals surface area (Å²) in [7, 11) is 0. The van der Waals surface area contributed by atoms with Gasteiger partial charge in [-0.3, -0.25) is 4.79 Å². The number of thiophene rings is 1. The van der Waals surface area contributed by atoms with Crippen molar-refractivity contribution >= 4 is 29.7 Å². The van der Waals surface area contributed by atoms with Gasteiger partial charge in [-0.1, -0.05) is 29.8 Å². The van der Waals surface area contributed by atoms with Gasteiger partial charge >= 0.3 is 0 Å². The van der Waals surface area contributed by atoms with Crippen LogP contribution in [0.25, 0.3) is 0 Å². The number of carbonyl (C=O) groups excluding carboxylic acids is 1. The first-order valence-electron chi connectivity index (χ1n) is 9.23. The summed E-state index contributed by atoms with van der Waals surface area (Å²) in [5, 5.41) is 7.73. The molecule has 2 aliphatic rings. The van der Waals surface area contributed by atoms with E-state index in [2.05, 4.69) is 52.2 Å². The number of benzene rings is 1. The molecule has 5 heteroatoms. The second kappa shape index (κ2) is 8.12. The van der Waals surface area contributed by atoms with Crippen LogP contribution in [-0.4, -0.2) is 29.9 Å². The van der Waals surface area contributed by atoms with Crippen LogP contribution in [0.4, 0.5) is 0 Å². The predicted octanol–water partition coefficient (Wildman–Crippen LogP) is 4.19. The summed E-state index contributed by atoms with van der Waals surface area (Å²) in [6, 6.07) is 10.9. The number of piperidine rings is 1. The lowest BCUT2D eigenvalue weighted by atomic mass is 9.93. The van der Waals surface area contributed by atoms with Gasteiger partial charge in [0.05, 0.1) is 6.42 Å². The summed E-state index contributed by atoms with van der Waals surface area (Å²) in [6.07, 6.45) is 4.10. The second-order valence-corrected chi connectivity index (χ2v) is 8.43. The molecule has 26 heavy (non-hydrogen) atoms. The third kappa shape index (κ3) is 4.13. The number of carbonyl (C=O) groups is 1. The molecule has 1 aromatic heterocycles. The van der Waals surface area contributed by atoms with Crippen LogP contribution in [0.2, 0.25) is 0 Å². The first-order valence-corrected chi connectivity index (χ1v) is 10.2. The lowest BCUT2D eigenvalue weighted by Gasteiger charge is -2.29. The Morgan fingerprint density at radius 3 is 2.77 bits per heavy atom. The van der Waals surface area contributed by atoms with Gasteiger partial charge in [0.2, 0.25) is 5.91 Å². The lowest BCUT2D eigenvalue weighted by molar-refractivity contribution is -0.132. The van der Waals surface area contributed by atoms with Crippen molar-refractivity contribution in [3.63, 3.8) is 0 Å². The van der Waals surface area contributed by atoms with Crippen molar-refractivity contribution in [1.29, 1.82) is 0 Å². The minimum Gasteiger partial charge on any atom is -0.334 e. The Labute approximate surface area is 166 Å². The van der Waals surface area contributed by atoms with E-state index in [-0.39, 0.29) is 18.3 Å². The van der Waals surface area contributed by atoms with Crippen LogP contribution in [0.15, 0.2) is 41.1 Å². The van der Waals surface area contributed by atoms with Crippen LogP contribution in [0.1, 0.15) is 36.0 Å². The van der Waals surface area contributed by atoms with Crippen molar-refractivity contribution in [2.75, 3.05) is 13.1 Å². The number of halogens is 1. The quantitative estimate of drug-likeness (QED) is 0.830. The largest absolute Gasteiger partial charge is 0.334 e. The van der Waals surface area contributed by atoms with Gasteiger partial charge in [0.1, 0.15) is 0 Å². The number of aryl methyl sites for hydroxylation is 1. The van der Waals surface area contributed by atoms with E-state index < -0.39 is 0 Å². The molecule has 1 saturated heterocycles. The topological polar surface area (TPSA) is 32.3 Å². The highest BCUT2D eigenvalue weighted by atomic mass is 35.5. The SMILES string of the molecule is Cc1cccc(CC(=O)N(Cc2ccsc2)C2CC23CCNCC3)c1.Cl. The predicted molar refractivity (Wildman–Crippen MR) is 110 cm³/mol. The number of hydrogen-bond acceptors (Lipinski definition) is 3. The molecule has 0 radical (unpaired) electrons. The van der Waals surface area contributed by atoms with Crippen molar-refractivity contribution < 1.29 is 4.79 Å². The highest BCUT2D eigenvalue weighted by Crippen LogP contribution is 2.56. The zero-order chi connectivity index (χ0) is 17.3. The standard InChI is InChI=1S/C21H26N2OS.ClH/c1-16-3-2-4-17(11-16)12-20(24)23(14-18-5-10-25-15-18)19-13-21(19)6-8-22-9-7-21;/h2-5,10-11,15,19,22H,6-9,12-14H2,1H3;1H. The maximum absolute atomic E-state index is 13.2. The zero-order valence-corrected chi connectivity index (χ0v) is 16.9. The van der Waals surface area contributed by atoms with Crippen molar-refractivity contribution in [3.05, 3.63) is 57.8 Å². The molecule has 1 aliphatic carbocycles. The Bertz CT molecular complexity index is 740. The van der Waals surface area contributed by atoms with Crippen LogP contribution in [0.3, 0.4) is 0 Å². The zero-order valence-electron chi connectivity index (χ0n) is 15.2. The van der Waals surface area contributed by atoms with Crippen LogP contribution in [0.5, 0.6) is 0 Å². The van der Waals surface area contributed by atoms with E-state index in [1.165, 1.54) is 30.4 Å². The molecule has 1 saturated carbocycles. The van der Waals surface area contributed by atoms with Crippen molar-refractivity contribution in [3.8, 4) is 0 Å². The molecule has 0 bridgehead atoms. The molecule has 3 nitrogen and oxygen atoms in total. The average Bonchev–Trinajstić information content (AvgIpc) is 3.04. The van der Waals surface area contributed by atoms with E-state index in [1.54, 1.807) is 11.3 Å². The van der Waals surface area contributed by atoms with Gasteiger partial charge in [-0.05, 0) is 72.6 Å². The van der Waals surface area contributed by atoms with E-state index in [0.717, 1.165) is 25.2 Å². The van der Waals surface area contributed by atoms with Crippen LogP contribution < -0.4 is 5.32 Å². The van der Waals surface area contributed by atoms with Gasteiger partial charge in [0.25, 0.3) is 0 Å². The molecule has 1 aliphatic heterocycles. The molecular formula is C21H27ClN2OS. The van der Waals surface area contributed by atoms with E-state index in [0.29, 0.717) is 17.9 Å². The van der Waals surface area contributed by atoms with Crippen molar-refractivity contribution in [2.45, 2.75) is 45.2 Å². The second-order valence-electron chi connectivity index (χ2n) is 7.65. The first kappa shape index (κ1) is 19.4. The van der Waals surface area contributed by atoms with Gasteiger partial charge in [0, 0.05) is 12.6 Å². The van der Waals surface area contributed by atoms with Gasteiger partial charge in [-0.2, -0.15) is 11.3 Å². The molecule has 2 aromatic rings. The number of hydrogen-bond donors (Lipinski definition) is 1. The molecule has 4 rings (SSSR count). The van der Waals surface area contributed by atoms with Crippen molar-refractivity contribution in [1.82, 2.24) is 10.2 Å². The van der Waals surface area contributed by atoms with Crippen LogP contribution in [0, 0.1) is 12.3 Å². The van der Waals surface area contributed by atoms with Gasteiger partial charge < -0.3 is 10.2 Å². The minimum absolute atomic E-state index is 0. The Balaban J connectivity index is 0.00000196. The molecule has 1 aromatic carbocycles. The van der Waals surface area contributed by atoms with Crippen molar-refractivity contribution in [2.24, 2.45) is 5.41 Å². The van der Waals surface area contributed by atoms with E-state index in [9.17, 15) is 4.79 Å². The fourth-order valence-electron chi connectivity index (χ4n) is 4.28. The third-order valence-electron chi connectivity index (χ3n) is 5.81. The van der Waals surface area contributed by atoms with E-state index in [4.69, 9.17) is 0 Å². The summed E-state index contributed by atoms with van der Waals surface area (Å²) in [5.74, 6) is 0.275. The average molecular weight is 391 g/mol. The van der Waals surface area contributed by atoms with Crippen LogP contribution in [-0.2, 0) is 17.8 Å². The summed E-state index contributed by atoms with van der Waals surface area (Å²) in [5.41, 5.74) is 3.98. The summed E-state index contributed by atoms with van der Waals surface area (Å²) in [4.78, 5) is 15.3. The first-order chi connectivity index (χ1) is 12.2.